The molecule has 0 saturated heterocycles. The highest BCUT2D eigenvalue weighted by molar-refractivity contribution is 5.81. The van der Waals surface area contributed by atoms with E-state index in [2.05, 4.69) is 4.98 Å². The quantitative estimate of drug-likeness (QED) is 0.822. The van der Waals surface area contributed by atoms with Gasteiger partial charge >= 0.3 is 5.97 Å². The van der Waals surface area contributed by atoms with Crippen LogP contribution < -0.4 is 0 Å². The first-order valence-corrected chi connectivity index (χ1v) is 4.70. The van der Waals surface area contributed by atoms with Gasteiger partial charge in [0.05, 0.1) is 11.9 Å². The van der Waals surface area contributed by atoms with Crippen molar-refractivity contribution in [1.29, 1.82) is 5.26 Å². The van der Waals surface area contributed by atoms with E-state index in [1.165, 1.54) is 0 Å². The lowest BCUT2D eigenvalue weighted by Crippen LogP contribution is -1.99. The highest BCUT2D eigenvalue weighted by Crippen LogP contribution is 2.15. The second kappa shape index (κ2) is 3.99. The molecule has 0 bridgehead atoms. The molecule has 0 aliphatic rings. The molecule has 0 unspecified atom stereocenters. The fourth-order valence-electron chi connectivity index (χ4n) is 1.52. The molecule has 78 valence electrons. The van der Waals surface area contributed by atoms with Crippen LogP contribution in [0.1, 0.15) is 11.3 Å². The first kappa shape index (κ1) is 10.1. The summed E-state index contributed by atoms with van der Waals surface area (Å²) in [5.74, 6) is -0.860. The lowest BCUT2D eigenvalue weighted by atomic mass is 10.1. The van der Waals surface area contributed by atoms with Gasteiger partial charge in [0.15, 0.2) is 0 Å². The molecule has 1 aromatic heterocycles. The van der Waals surface area contributed by atoms with Gasteiger partial charge in [-0.25, -0.2) is 4.98 Å². The number of aromatic nitrogens is 1. The molecule has 0 saturated carbocycles. The van der Waals surface area contributed by atoms with Gasteiger partial charge in [0.2, 0.25) is 0 Å². The number of aliphatic carboxylic acids is 1. The molecule has 1 N–H and O–H groups in total. The van der Waals surface area contributed by atoms with Crippen LogP contribution in [0, 0.1) is 11.3 Å². The van der Waals surface area contributed by atoms with Crippen LogP contribution in [-0.2, 0) is 11.2 Å². The Morgan fingerprint density at radius 2 is 2.19 bits per heavy atom. The van der Waals surface area contributed by atoms with E-state index in [-0.39, 0.29) is 6.42 Å². The number of nitriles is 1. The molecule has 0 amide bonds. The predicted octanol–water partition coefficient (Wildman–Crippen LogP) is 1.73. The molecule has 0 radical (unpaired) electrons. The largest absolute Gasteiger partial charge is 0.481 e. The topological polar surface area (TPSA) is 74.0 Å². The molecule has 1 aromatic carbocycles. The zero-order chi connectivity index (χ0) is 11.5. The second-order valence-electron chi connectivity index (χ2n) is 3.41. The van der Waals surface area contributed by atoms with Gasteiger partial charge in [-0.1, -0.05) is 6.07 Å². The number of rotatable bonds is 2. The molecule has 4 heteroatoms. The van der Waals surface area contributed by atoms with E-state index < -0.39 is 5.97 Å². The predicted molar refractivity (Wildman–Crippen MR) is 57.8 cm³/mol. The molecule has 2 rings (SSSR count). The monoisotopic (exact) mass is 212 g/mol. The van der Waals surface area contributed by atoms with Crippen molar-refractivity contribution in [2.75, 3.05) is 0 Å². The highest BCUT2D eigenvalue weighted by atomic mass is 16.4. The van der Waals surface area contributed by atoms with Crippen LogP contribution in [0.15, 0.2) is 30.3 Å². The van der Waals surface area contributed by atoms with Crippen LogP contribution in [0.25, 0.3) is 10.9 Å². The summed E-state index contributed by atoms with van der Waals surface area (Å²) >= 11 is 0. The number of hydrogen-bond acceptors (Lipinski definition) is 3. The molecule has 0 fully saturated rings. The van der Waals surface area contributed by atoms with Crippen LogP contribution in [0.3, 0.4) is 0 Å². The molecular formula is C12H8N2O2. The Balaban J connectivity index is 2.48. The van der Waals surface area contributed by atoms with Crippen molar-refractivity contribution in [1.82, 2.24) is 4.98 Å². The average Bonchev–Trinajstić information content (AvgIpc) is 2.27. The standard InChI is InChI=1S/C12H8N2O2/c13-7-10-3-2-9-5-8(6-12(15)16)1-4-11(9)14-10/h1-5H,6H2,(H,15,16). The Labute approximate surface area is 91.8 Å². The van der Waals surface area contributed by atoms with Gasteiger partial charge < -0.3 is 5.11 Å². The first-order chi connectivity index (χ1) is 7.69. The number of fused-ring (bicyclic) bond motifs is 1. The van der Waals surface area contributed by atoms with Crippen molar-refractivity contribution in [2.45, 2.75) is 6.42 Å². The molecular weight excluding hydrogens is 204 g/mol. The Morgan fingerprint density at radius 1 is 1.38 bits per heavy atom. The third-order valence-electron chi connectivity index (χ3n) is 2.22. The number of carbonyl (C=O) groups is 1. The summed E-state index contributed by atoms with van der Waals surface area (Å²) in [5.41, 5.74) is 1.79. The average molecular weight is 212 g/mol. The maximum Gasteiger partial charge on any atom is 0.307 e. The summed E-state index contributed by atoms with van der Waals surface area (Å²) in [6.07, 6.45) is -0.00403. The molecule has 0 atom stereocenters. The molecule has 0 aliphatic carbocycles. The summed E-state index contributed by atoms with van der Waals surface area (Å²) in [4.78, 5) is 14.7. The van der Waals surface area contributed by atoms with Crippen LogP contribution >= 0.6 is 0 Å². The summed E-state index contributed by atoms with van der Waals surface area (Å²) < 4.78 is 0. The van der Waals surface area contributed by atoms with E-state index in [0.29, 0.717) is 11.2 Å². The smallest absolute Gasteiger partial charge is 0.307 e. The summed E-state index contributed by atoms with van der Waals surface area (Å²) in [5, 5.41) is 18.2. The second-order valence-corrected chi connectivity index (χ2v) is 3.41. The van der Waals surface area contributed by atoms with Gasteiger partial charge in [-0.2, -0.15) is 5.26 Å². The number of benzene rings is 1. The lowest BCUT2D eigenvalue weighted by molar-refractivity contribution is -0.136. The third-order valence-corrected chi connectivity index (χ3v) is 2.22. The van der Waals surface area contributed by atoms with Crippen molar-refractivity contribution in [3.05, 3.63) is 41.6 Å². The van der Waals surface area contributed by atoms with Crippen LogP contribution in [0.2, 0.25) is 0 Å². The highest BCUT2D eigenvalue weighted by Gasteiger charge is 2.03. The van der Waals surface area contributed by atoms with E-state index in [0.717, 1.165) is 10.9 Å². The summed E-state index contributed by atoms with van der Waals surface area (Å²) in [6, 6.07) is 10.6. The SMILES string of the molecule is N#Cc1ccc2cc(CC(=O)O)ccc2n1. The zero-order valence-electron chi connectivity index (χ0n) is 8.34. The molecule has 16 heavy (non-hydrogen) atoms. The fourth-order valence-corrected chi connectivity index (χ4v) is 1.52. The van der Waals surface area contributed by atoms with E-state index in [1.54, 1.807) is 30.3 Å². The van der Waals surface area contributed by atoms with Gasteiger partial charge in [-0.15, -0.1) is 0 Å². The van der Waals surface area contributed by atoms with E-state index in [1.807, 2.05) is 6.07 Å². The van der Waals surface area contributed by atoms with Gasteiger partial charge in [0.25, 0.3) is 0 Å². The zero-order valence-corrected chi connectivity index (χ0v) is 8.34. The number of nitrogens with zero attached hydrogens (tertiary/aromatic N) is 2. The molecule has 0 aliphatic heterocycles. The lowest BCUT2D eigenvalue weighted by Gasteiger charge is -2.00. The third kappa shape index (κ3) is 1.98. The molecule has 2 aromatic rings. The van der Waals surface area contributed by atoms with Gasteiger partial charge in [0, 0.05) is 5.39 Å². The number of carboxylic acid groups (broad SMARTS) is 1. The molecule has 0 spiro atoms. The Bertz CT molecular complexity index is 599. The number of carboxylic acids is 1. The molecule has 1 heterocycles. The Kier molecular flexibility index (Phi) is 2.52. The minimum absolute atomic E-state index is 0.00403. The fraction of sp³-hybridized carbons (Fsp3) is 0.0833. The summed E-state index contributed by atoms with van der Waals surface area (Å²) in [7, 11) is 0. The van der Waals surface area contributed by atoms with Gasteiger partial charge in [-0.3, -0.25) is 4.79 Å². The summed E-state index contributed by atoms with van der Waals surface area (Å²) in [6.45, 7) is 0. The van der Waals surface area contributed by atoms with E-state index >= 15 is 0 Å². The van der Waals surface area contributed by atoms with Crippen LogP contribution in [0.4, 0.5) is 0 Å². The van der Waals surface area contributed by atoms with Gasteiger partial charge in [0.1, 0.15) is 11.8 Å². The maximum atomic E-state index is 10.5. The normalized spacial score (nSPS) is 9.94. The van der Waals surface area contributed by atoms with Crippen molar-refractivity contribution in [3.8, 4) is 6.07 Å². The number of pyridine rings is 1. The minimum Gasteiger partial charge on any atom is -0.481 e. The van der Waals surface area contributed by atoms with E-state index in [4.69, 9.17) is 10.4 Å². The first-order valence-electron chi connectivity index (χ1n) is 4.70. The van der Waals surface area contributed by atoms with Crippen LogP contribution in [-0.4, -0.2) is 16.1 Å². The van der Waals surface area contributed by atoms with Crippen LogP contribution in [0.5, 0.6) is 0 Å². The van der Waals surface area contributed by atoms with E-state index in [9.17, 15) is 4.79 Å². The Hall–Kier alpha value is -2.41. The van der Waals surface area contributed by atoms with Gasteiger partial charge in [-0.05, 0) is 29.8 Å². The maximum absolute atomic E-state index is 10.5. The minimum atomic E-state index is -0.860. The molecule has 4 nitrogen and oxygen atoms in total. The Morgan fingerprint density at radius 3 is 2.88 bits per heavy atom. The van der Waals surface area contributed by atoms with Crippen molar-refractivity contribution < 1.29 is 9.90 Å². The number of hydrogen-bond donors (Lipinski definition) is 1. The van der Waals surface area contributed by atoms with Crippen molar-refractivity contribution in [2.24, 2.45) is 0 Å². The van der Waals surface area contributed by atoms with Crippen molar-refractivity contribution in [3.63, 3.8) is 0 Å². The van der Waals surface area contributed by atoms with Crippen molar-refractivity contribution >= 4 is 16.9 Å².